The molecule has 0 radical (unpaired) electrons. The van der Waals surface area contributed by atoms with Gasteiger partial charge in [0.25, 0.3) is 0 Å². The van der Waals surface area contributed by atoms with Crippen molar-refractivity contribution >= 4 is 13.7 Å². The molecule has 1 unspecified atom stereocenters. The second kappa shape index (κ2) is 21.1. The summed E-state index contributed by atoms with van der Waals surface area (Å²) in [5.74, 6) is -0.174. The van der Waals surface area contributed by atoms with E-state index in [4.69, 9.17) is 9.79 Å². The molecule has 184 valence electrons. The molecule has 0 aromatic rings. The summed E-state index contributed by atoms with van der Waals surface area (Å²) in [7, 11) is -4.59. The van der Waals surface area contributed by atoms with Gasteiger partial charge in [0.2, 0.25) is 5.91 Å². The van der Waals surface area contributed by atoms with E-state index in [-0.39, 0.29) is 12.5 Å². The fraction of sp³-hybridized carbons (Fsp3) is 0.870. The van der Waals surface area contributed by atoms with Crippen molar-refractivity contribution in [1.29, 1.82) is 0 Å². The lowest BCUT2D eigenvalue weighted by molar-refractivity contribution is -0.121. The Balaban J connectivity index is 3.36. The van der Waals surface area contributed by atoms with Crippen LogP contribution in [0.5, 0.6) is 0 Å². The predicted octanol–water partition coefficient (Wildman–Crippen LogP) is 5.39. The quantitative estimate of drug-likeness (QED) is 0.0972. The molecule has 0 aliphatic rings. The van der Waals surface area contributed by atoms with Crippen LogP contribution in [-0.4, -0.2) is 40.1 Å². The summed E-state index contributed by atoms with van der Waals surface area (Å²) >= 11 is 0. The predicted molar refractivity (Wildman–Crippen MR) is 126 cm³/mol. The van der Waals surface area contributed by atoms with Gasteiger partial charge >= 0.3 is 7.82 Å². The van der Waals surface area contributed by atoms with E-state index < -0.39 is 20.5 Å². The zero-order valence-corrected chi connectivity index (χ0v) is 20.4. The Hall–Kier alpha value is -0.720. The molecule has 0 heterocycles. The monoisotopic (exact) mass is 463 g/mol. The first kappa shape index (κ1) is 30.3. The Morgan fingerprint density at radius 3 is 1.87 bits per heavy atom. The smallest absolute Gasteiger partial charge is 0.389 e. The van der Waals surface area contributed by atoms with Crippen LogP contribution in [0, 0.1) is 0 Å². The van der Waals surface area contributed by atoms with E-state index >= 15 is 0 Å². The zero-order valence-electron chi connectivity index (χ0n) is 19.5. The number of aliphatic hydroxyl groups excluding tert-OH is 1. The van der Waals surface area contributed by atoms with Crippen molar-refractivity contribution in [1.82, 2.24) is 5.32 Å². The lowest BCUT2D eigenvalue weighted by atomic mass is 10.1. The van der Waals surface area contributed by atoms with Crippen LogP contribution in [0.4, 0.5) is 0 Å². The highest BCUT2D eigenvalue weighted by Crippen LogP contribution is 2.35. The van der Waals surface area contributed by atoms with Crippen molar-refractivity contribution in [3.63, 3.8) is 0 Å². The molecule has 31 heavy (non-hydrogen) atoms. The molecule has 4 N–H and O–H groups in total. The van der Waals surface area contributed by atoms with Gasteiger partial charge in [0.15, 0.2) is 0 Å². The molecule has 1 amide bonds. The first-order chi connectivity index (χ1) is 14.8. The van der Waals surface area contributed by atoms with Gasteiger partial charge in [0, 0.05) is 13.0 Å². The topological polar surface area (TPSA) is 116 Å². The SMILES string of the molecule is CCCCCCCCCCCC/C=C\CCCCCC(=O)NCC(O)COP(=O)(O)O. The maximum Gasteiger partial charge on any atom is 0.469 e. The van der Waals surface area contributed by atoms with Crippen LogP contribution >= 0.6 is 7.82 Å². The van der Waals surface area contributed by atoms with E-state index in [0.29, 0.717) is 6.42 Å². The number of hydrogen-bond donors (Lipinski definition) is 4. The second-order valence-electron chi connectivity index (χ2n) is 8.29. The van der Waals surface area contributed by atoms with Crippen LogP contribution in [0.15, 0.2) is 12.2 Å². The van der Waals surface area contributed by atoms with Crippen LogP contribution in [0.25, 0.3) is 0 Å². The Morgan fingerprint density at radius 2 is 1.35 bits per heavy atom. The third-order valence-electron chi connectivity index (χ3n) is 5.14. The van der Waals surface area contributed by atoms with Crippen LogP contribution in [0.2, 0.25) is 0 Å². The zero-order chi connectivity index (χ0) is 23.2. The summed E-state index contributed by atoms with van der Waals surface area (Å²) in [4.78, 5) is 28.8. The highest BCUT2D eigenvalue weighted by atomic mass is 31.2. The molecule has 0 aliphatic carbocycles. The van der Waals surface area contributed by atoms with Gasteiger partial charge in [-0.2, -0.15) is 0 Å². The Labute approximate surface area is 189 Å². The summed E-state index contributed by atoms with van der Waals surface area (Å²) < 4.78 is 14.7. The number of unbranched alkanes of at least 4 members (excludes halogenated alkanes) is 13. The molecule has 0 aromatic carbocycles. The Kier molecular flexibility index (Phi) is 20.7. The number of phosphoric acid groups is 1. The molecule has 1 atom stereocenters. The second-order valence-corrected chi connectivity index (χ2v) is 9.52. The minimum Gasteiger partial charge on any atom is -0.389 e. The van der Waals surface area contributed by atoms with Crippen LogP contribution in [0.3, 0.4) is 0 Å². The number of aliphatic hydroxyl groups is 1. The van der Waals surface area contributed by atoms with Gasteiger partial charge in [0.1, 0.15) is 0 Å². The van der Waals surface area contributed by atoms with Gasteiger partial charge in [-0.1, -0.05) is 83.3 Å². The molecule has 0 saturated carbocycles. The Bertz CT molecular complexity index is 494. The molecular formula is C23H46NO6P. The summed E-state index contributed by atoms with van der Waals surface area (Å²) in [6.45, 7) is 1.66. The van der Waals surface area contributed by atoms with E-state index in [0.717, 1.165) is 32.1 Å². The van der Waals surface area contributed by atoms with Gasteiger partial charge in [-0.15, -0.1) is 0 Å². The third kappa shape index (κ3) is 25.4. The lowest BCUT2D eigenvalue weighted by Crippen LogP contribution is -2.34. The van der Waals surface area contributed by atoms with E-state index in [1.54, 1.807) is 0 Å². The number of nitrogens with one attached hydrogen (secondary N) is 1. The molecule has 0 aromatic heterocycles. The summed E-state index contributed by atoms with van der Waals surface area (Å²) in [6, 6.07) is 0. The molecule has 0 fully saturated rings. The Morgan fingerprint density at radius 1 is 0.871 bits per heavy atom. The molecule has 8 heteroatoms. The lowest BCUT2D eigenvalue weighted by Gasteiger charge is -2.12. The van der Waals surface area contributed by atoms with Gasteiger partial charge in [-0.25, -0.2) is 4.57 Å². The molecular weight excluding hydrogens is 417 g/mol. The number of amides is 1. The van der Waals surface area contributed by atoms with E-state index in [9.17, 15) is 14.5 Å². The van der Waals surface area contributed by atoms with Gasteiger partial charge in [-0.3, -0.25) is 9.32 Å². The minimum atomic E-state index is -4.59. The fourth-order valence-electron chi connectivity index (χ4n) is 3.27. The van der Waals surface area contributed by atoms with Crippen LogP contribution in [-0.2, 0) is 13.9 Å². The first-order valence-electron chi connectivity index (χ1n) is 12.1. The fourth-order valence-corrected chi connectivity index (χ4v) is 3.64. The first-order valence-corrected chi connectivity index (χ1v) is 13.7. The maximum atomic E-state index is 11.7. The highest BCUT2D eigenvalue weighted by Gasteiger charge is 2.17. The molecule has 0 spiro atoms. The van der Waals surface area contributed by atoms with Crippen LogP contribution in [0.1, 0.15) is 110 Å². The minimum absolute atomic E-state index is 0.0828. The van der Waals surface area contributed by atoms with Gasteiger partial charge < -0.3 is 20.2 Å². The number of rotatable bonds is 22. The number of phosphoric ester groups is 1. The van der Waals surface area contributed by atoms with E-state index in [1.807, 2.05) is 0 Å². The van der Waals surface area contributed by atoms with Gasteiger partial charge in [0.05, 0.1) is 12.7 Å². The van der Waals surface area contributed by atoms with Crippen molar-refractivity contribution in [3.05, 3.63) is 12.2 Å². The van der Waals surface area contributed by atoms with Gasteiger partial charge in [-0.05, 0) is 32.1 Å². The van der Waals surface area contributed by atoms with Crippen molar-refractivity contribution in [3.8, 4) is 0 Å². The summed E-state index contributed by atoms with van der Waals surface area (Å²) in [5.41, 5.74) is 0. The van der Waals surface area contributed by atoms with Crippen LogP contribution < -0.4 is 5.32 Å². The molecule has 0 bridgehead atoms. The van der Waals surface area contributed by atoms with Crippen molar-refractivity contribution < 1.29 is 28.8 Å². The molecule has 0 saturated heterocycles. The normalized spacial score (nSPS) is 13.0. The number of hydrogen-bond acceptors (Lipinski definition) is 4. The number of carbonyl (C=O) groups is 1. The molecule has 0 aliphatic heterocycles. The summed E-state index contributed by atoms with van der Waals surface area (Å²) in [5, 5.41) is 12.0. The molecule has 7 nitrogen and oxygen atoms in total. The average Bonchev–Trinajstić information content (AvgIpc) is 2.72. The van der Waals surface area contributed by atoms with Crippen molar-refractivity contribution in [2.45, 2.75) is 116 Å². The molecule has 0 rings (SSSR count). The van der Waals surface area contributed by atoms with E-state index in [2.05, 4.69) is 28.9 Å². The van der Waals surface area contributed by atoms with Crippen molar-refractivity contribution in [2.24, 2.45) is 0 Å². The third-order valence-corrected chi connectivity index (χ3v) is 5.62. The highest BCUT2D eigenvalue weighted by molar-refractivity contribution is 7.46. The summed E-state index contributed by atoms with van der Waals surface area (Å²) in [6.07, 6.45) is 22.4. The number of allylic oxidation sites excluding steroid dienone is 2. The standard InChI is InChI=1S/C23H46NO6P/c1-2-3-4-5-6-7-8-9-10-11-12-13-14-15-16-17-18-19-23(26)24-20-22(25)21-30-31(27,28)29/h13-14,22,25H,2-12,15-21H2,1H3,(H,24,26)(H2,27,28,29)/b14-13-. The largest absolute Gasteiger partial charge is 0.469 e. The average molecular weight is 464 g/mol. The van der Waals surface area contributed by atoms with Crippen molar-refractivity contribution in [2.75, 3.05) is 13.2 Å². The van der Waals surface area contributed by atoms with E-state index in [1.165, 1.54) is 64.2 Å². The maximum absolute atomic E-state index is 11.7. The number of carbonyl (C=O) groups excluding carboxylic acids is 1.